The van der Waals surface area contributed by atoms with Crippen molar-refractivity contribution >= 4 is 22.6 Å². The predicted molar refractivity (Wildman–Crippen MR) is 96.8 cm³/mol. The van der Waals surface area contributed by atoms with E-state index in [2.05, 4.69) is 5.73 Å². The molecule has 2 amide bonds. The van der Waals surface area contributed by atoms with Crippen LogP contribution in [-0.2, 0) is 9.59 Å². The molecule has 1 atom stereocenters. The van der Waals surface area contributed by atoms with Gasteiger partial charge in [0.25, 0.3) is 5.91 Å². The fraction of sp³-hybridized carbons (Fsp3) is 0.368. The summed E-state index contributed by atoms with van der Waals surface area (Å²) in [6.07, 6.45) is -0.472. The number of carbonyl (C=O) groups excluding carboxylic acids is 2. The fourth-order valence-electron chi connectivity index (χ4n) is 2.33. The summed E-state index contributed by atoms with van der Waals surface area (Å²) in [6.45, 7) is 8.48. The summed E-state index contributed by atoms with van der Waals surface area (Å²) in [5.74, 6) is 0.457. The van der Waals surface area contributed by atoms with Crippen molar-refractivity contribution < 1.29 is 14.3 Å². The van der Waals surface area contributed by atoms with Crippen LogP contribution in [0.3, 0.4) is 0 Å². The molecule has 0 aliphatic heterocycles. The van der Waals surface area contributed by atoms with Crippen molar-refractivity contribution in [2.24, 2.45) is 5.73 Å². The second-order valence-corrected chi connectivity index (χ2v) is 5.36. The SMILES string of the molecule is CC(N)=O.CCN(CC)C(=O)C(C)Oc1cccc2ccccc12. The zero-order chi connectivity index (χ0) is 18.1. The number of hydrogen-bond acceptors (Lipinski definition) is 3. The number of hydrogen-bond donors (Lipinski definition) is 1. The number of fused-ring (bicyclic) bond motifs is 1. The Bertz CT molecular complexity index is 672. The number of likely N-dealkylation sites (N-methyl/N-ethyl adjacent to an activating group) is 1. The molecule has 2 N–H and O–H groups in total. The molecule has 2 aromatic rings. The van der Waals surface area contributed by atoms with Gasteiger partial charge in [-0.05, 0) is 32.2 Å². The lowest BCUT2D eigenvalue weighted by atomic mass is 10.1. The van der Waals surface area contributed by atoms with Gasteiger partial charge in [-0.1, -0.05) is 36.4 Å². The molecule has 0 saturated carbocycles. The zero-order valence-corrected chi connectivity index (χ0v) is 14.8. The molecule has 130 valence electrons. The van der Waals surface area contributed by atoms with Crippen LogP contribution in [0.25, 0.3) is 10.8 Å². The van der Waals surface area contributed by atoms with Crippen LogP contribution in [0, 0.1) is 0 Å². The molecule has 0 saturated heterocycles. The van der Waals surface area contributed by atoms with Gasteiger partial charge in [0.15, 0.2) is 6.10 Å². The number of primary amides is 1. The Morgan fingerprint density at radius 2 is 1.62 bits per heavy atom. The largest absolute Gasteiger partial charge is 0.480 e. The van der Waals surface area contributed by atoms with Gasteiger partial charge in [-0.15, -0.1) is 0 Å². The highest BCUT2D eigenvalue weighted by atomic mass is 16.5. The number of carbonyl (C=O) groups is 2. The average molecular weight is 330 g/mol. The van der Waals surface area contributed by atoms with Crippen molar-refractivity contribution in [3.05, 3.63) is 42.5 Å². The van der Waals surface area contributed by atoms with E-state index in [-0.39, 0.29) is 11.8 Å². The minimum absolute atomic E-state index is 0.0305. The first kappa shape index (κ1) is 19.5. The van der Waals surface area contributed by atoms with E-state index in [4.69, 9.17) is 4.74 Å². The van der Waals surface area contributed by atoms with Crippen LogP contribution in [0.2, 0.25) is 0 Å². The Morgan fingerprint density at radius 3 is 2.21 bits per heavy atom. The first-order valence-corrected chi connectivity index (χ1v) is 8.09. The maximum absolute atomic E-state index is 12.2. The number of rotatable bonds is 5. The van der Waals surface area contributed by atoms with Gasteiger partial charge in [0, 0.05) is 25.4 Å². The number of nitrogens with zero attached hydrogens (tertiary/aromatic N) is 1. The van der Waals surface area contributed by atoms with Crippen LogP contribution in [0.15, 0.2) is 42.5 Å². The maximum Gasteiger partial charge on any atom is 0.263 e. The molecule has 0 spiro atoms. The van der Waals surface area contributed by atoms with E-state index in [0.717, 1.165) is 16.5 Å². The first-order valence-electron chi connectivity index (χ1n) is 8.09. The van der Waals surface area contributed by atoms with Crippen molar-refractivity contribution in [3.8, 4) is 5.75 Å². The topological polar surface area (TPSA) is 72.6 Å². The second kappa shape index (κ2) is 9.55. The third kappa shape index (κ3) is 5.57. The Morgan fingerprint density at radius 1 is 1.08 bits per heavy atom. The minimum Gasteiger partial charge on any atom is -0.480 e. The molecular weight excluding hydrogens is 304 g/mol. The van der Waals surface area contributed by atoms with Gasteiger partial charge in [-0.3, -0.25) is 9.59 Å². The van der Waals surface area contributed by atoms with E-state index in [1.807, 2.05) is 63.2 Å². The molecular formula is C19H26N2O3. The molecule has 24 heavy (non-hydrogen) atoms. The highest BCUT2D eigenvalue weighted by Crippen LogP contribution is 2.26. The monoisotopic (exact) mass is 330 g/mol. The van der Waals surface area contributed by atoms with E-state index in [0.29, 0.717) is 13.1 Å². The Labute approximate surface area is 143 Å². The molecule has 0 fully saturated rings. The van der Waals surface area contributed by atoms with Gasteiger partial charge in [0.2, 0.25) is 5.91 Å². The Balaban J connectivity index is 0.000000648. The summed E-state index contributed by atoms with van der Waals surface area (Å²) in [4.78, 5) is 23.3. The van der Waals surface area contributed by atoms with Crippen molar-refractivity contribution in [1.82, 2.24) is 4.90 Å². The normalized spacial score (nSPS) is 11.2. The van der Waals surface area contributed by atoms with Crippen LogP contribution in [0.1, 0.15) is 27.7 Å². The lowest BCUT2D eigenvalue weighted by Crippen LogP contribution is -2.40. The highest BCUT2D eigenvalue weighted by molar-refractivity contribution is 5.89. The van der Waals surface area contributed by atoms with Gasteiger partial charge in [-0.25, -0.2) is 0 Å². The molecule has 0 aliphatic rings. The second-order valence-electron chi connectivity index (χ2n) is 5.36. The molecule has 2 rings (SSSR count). The van der Waals surface area contributed by atoms with Crippen LogP contribution < -0.4 is 10.5 Å². The summed E-state index contributed by atoms with van der Waals surface area (Å²) in [7, 11) is 0. The molecule has 0 radical (unpaired) electrons. The van der Waals surface area contributed by atoms with E-state index in [1.165, 1.54) is 6.92 Å². The molecule has 2 aromatic carbocycles. The first-order chi connectivity index (χ1) is 11.4. The highest BCUT2D eigenvalue weighted by Gasteiger charge is 2.20. The van der Waals surface area contributed by atoms with Crippen molar-refractivity contribution in [2.45, 2.75) is 33.8 Å². The lowest BCUT2D eigenvalue weighted by molar-refractivity contribution is -0.137. The van der Waals surface area contributed by atoms with Crippen LogP contribution in [-0.4, -0.2) is 35.9 Å². The van der Waals surface area contributed by atoms with E-state index < -0.39 is 6.10 Å². The van der Waals surface area contributed by atoms with E-state index in [9.17, 15) is 9.59 Å². The number of amides is 2. The Kier molecular flexibility index (Phi) is 7.75. The summed E-state index contributed by atoms with van der Waals surface area (Å²) < 4.78 is 5.88. The lowest BCUT2D eigenvalue weighted by Gasteiger charge is -2.23. The van der Waals surface area contributed by atoms with Gasteiger partial charge < -0.3 is 15.4 Å². The van der Waals surface area contributed by atoms with Crippen molar-refractivity contribution in [1.29, 1.82) is 0 Å². The zero-order valence-electron chi connectivity index (χ0n) is 14.8. The van der Waals surface area contributed by atoms with Gasteiger partial charge in [-0.2, -0.15) is 0 Å². The summed E-state index contributed by atoms with van der Waals surface area (Å²) >= 11 is 0. The van der Waals surface area contributed by atoms with E-state index >= 15 is 0 Å². The molecule has 0 heterocycles. The standard InChI is InChI=1S/C17H21NO2.C2H5NO/c1-4-18(5-2)17(19)13(3)20-16-12-8-10-14-9-6-7-11-15(14)16;1-2(3)4/h6-13H,4-5H2,1-3H3;1H3,(H2,3,4). The van der Waals surface area contributed by atoms with Gasteiger partial charge in [0.1, 0.15) is 5.75 Å². The molecule has 5 heteroatoms. The summed E-state index contributed by atoms with van der Waals surface area (Å²) in [5, 5.41) is 2.15. The Hall–Kier alpha value is -2.56. The minimum atomic E-state index is -0.472. The molecule has 5 nitrogen and oxygen atoms in total. The third-order valence-electron chi connectivity index (χ3n) is 3.48. The van der Waals surface area contributed by atoms with E-state index in [1.54, 1.807) is 4.90 Å². The van der Waals surface area contributed by atoms with Crippen LogP contribution in [0.5, 0.6) is 5.75 Å². The number of nitrogens with two attached hydrogens (primary N) is 1. The number of benzene rings is 2. The quantitative estimate of drug-likeness (QED) is 0.916. The summed E-state index contributed by atoms with van der Waals surface area (Å²) in [6, 6.07) is 13.9. The molecule has 1 unspecified atom stereocenters. The predicted octanol–water partition coefficient (Wildman–Crippen LogP) is 2.97. The van der Waals surface area contributed by atoms with Gasteiger partial charge in [0.05, 0.1) is 0 Å². The van der Waals surface area contributed by atoms with Crippen molar-refractivity contribution in [2.75, 3.05) is 13.1 Å². The van der Waals surface area contributed by atoms with Crippen LogP contribution >= 0.6 is 0 Å². The third-order valence-corrected chi connectivity index (χ3v) is 3.48. The van der Waals surface area contributed by atoms with Crippen molar-refractivity contribution in [3.63, 3.8) is 0 Å². The van der Waals surface area contributed by atoms with Gasteiger partial charge >= 0.3 is 0 Å². The maximum atomic E-state index is 12.2. The average Bonchev–Trinajstić information content (AvgIpc) is 2.55. The number of ether oxygens (including phenoxy) is 1. The molecule has 0 bridgehead atoms. The smallest absolute Gasteiger partial charge is 0.263 e. The van der Waals surface area contributed by atoms with Crippen LogP contribution in [0.4, 0.5) is 0 Å². The molecule has 0 aromatic heterocycles. The summed E-state index contributed by atoms with van der Waals surface area (Å²) in [5.41, 5.74) is 4.47. The fourth-order valence-corrected chi connectivity index (χ4v) is 2.33. The molecule has 0 aliphatic carbocycles.